The SMILES string of the molecule is C[C@H]1[C@H]2C[C@H](C=C2NNc2nc(-c3ccc(Cl)cc3)cs2)C1(C)C. The standard InChI is InChI=1S/C19H22ClN3S/c1-11-15-8-13(19(11,2)3)9-16(15)22-23-18-21-17(10-24-18)12-4-6-14(20)7-5-12/h4-7,9-11,13,15,22H,8H2,1-3H3,(H,21,23)/t11-,13+,15+/m0/s1. The molecule has 1 aromatic heterocycles. The Morgan fingerprint density at radius 3 is 2.62 bits per heavy atom. The number of nitrogens with one attached hydrogen (secondary N) is 2. The van der Waals surface area contributed by atoms with Gasteiger partial charge in [-0.15, -0.1) is 11.3 Å². The zero-order valence-corrected chi connectivity index (χ0v) is 15.7. The van der Waals surface area contributed by atoms with E-state index >= 15 is 0 Å². The van der Waals surface area contributed by atoms with Gasteiger partial charge in [-0.2, -0.15) is 0 Å². The molecule has 0 saturated heterocycles. The van der Waals surface area contributed by atoms with Crippen LogP contribution in [0.15, 0.2) is 41.4 Å². The molecule has 0 unspecified atom stereocenters. The number of aromatic nitrogens is 1. The molecule has 0 radical (unpaired) electrons. The molecule has 2 aliphatic carbocycles. The molecule has 5 heteroatoms. The molecule has 0 amide bonds. The molecule has 24 heavy (non-hydrogen) atoms. The van der Waals surface area contributed by atoms with Crippen LogP contribution in [0, 0.1) is 23.2 Å². The summed E-state index contributed by atoms with van der Waals surface area (Å²) in [6.45, 7) is 7.16. The van der Waals surface area contributed by atoms with Crippen LogP contribution in [0.1, 0.15) is 27.2 Å². The summed E-state index contributed by atoms with van der Waals surface area (Å²) in [5.74, 6) is 2.02. The van der Waals surface area contributed by atoms with Gasteiger partial charge in [0.2, 0.25) is 5.13 Å². The van der Waals surface area contributed by atoms with E-state index in [9.17, 15) is 0 Å². The van der Waals surface area contributed by atoms with Crippen molar-refractivity contribution >= 4 is 28.1 Å². The van der Waals surface area contributed by atoms with Crippen LogP contribution in [0.2, 0.25) is 5.02 Å². The molecule has 3 nitrogen and oxygen atoms in total. The minimum absolute atomic E-state index is 0.415. The molecule has 3 atom stereocenters. The summed E-state index contributed by atoms with van der Waals surface area (Å²) in [4.78, 5) is 4.66. The van der Waals surface area contributed by atoms with E-state index in [1.54, 1.807) is 11.3 Å². The van der Waals surface area contributed by atoms with Crippen molar-refractivity contribution in [2.24, 2.45) is 23.2 Å². The Bertz CT molecular complexity index is 778. The number of hydrogen-bond acceptors (Lipinski definition) is 4. The van der Waals surface area contributed by atoms with Gasteiger partial charge in [0.1, 0.15) is 0 Å². The quantitative estimate of drug-likeness (QED) is 0.700. The van der Waals surface area contributed by atoms with Gasteiger partial charge >= 0.3 is 0 Å². The third-order valence-corrected chi connectivity index (χ3v) is 6.99. The van der Waals surface area contributed by atoms with Gasteiger partial charge in [0, 0.05) is 27.6 Å². The average Bonchev–Trinajstić information content (AvgIpc) is 3.23. The van der Waals surface area contributed by atoms with Crippen molar-refractivity contribution in [3.05, 3.63) is 46.4 Å². The predicted molar refractivity (Wildman–Crippen MR) is 102 cm³/mol. The Morgan fingerprint density at radius 1 is 1.21 bits per heavy atom. The first-order chi connectivity index (χ1) is 11.4. The summed E-state index contributed by atoms with van der Waals surface area (Å²) in [5, 5.41) is 3.69. The van der Waals surface area contributed by atoms with E-state index < -0.39 is 0 Å². The number of anilines is 1. The van der Waals surface area contributed by atoms with Gasteiger partial charge in [0.05, 0.1) is 5.69 Å². The number of benzene rings is 1. The molecule has 0 aliphatic heterocycles. The van der Waals surface area contributed by atoms with Crippen molar-refractivity contribution in [3.63, 3.8) is 0 Å². The number of halogens is 1. The normalized spacial score (nSPS) is 27.2. The summed E-state index contributed by atoms with van der Waals surface area (Å²) in [7, 11) is 0. The molecule has 2 aromatic rings. The highest BCUT2D eigenvalue weighted by Gasteiger charge is 2.51. The Labute approximate surface area is 152 Å². The Balaban J connectivity index is 1.43. The molecule has 2 aliphatic rings. The second-order valence-electron chi connectivity index (χ2n) is 7.48. The summed E-state index contributed by atoms with van der Waals surface area (Å²) in [6, 6.07) is 7.78. The van der Waals surface area contributed by atoms with Crippen molar-refractivity contribution in [2.45, 2.75) is 27.2 Å². The first-order valence-corrected chi connectivity index (χ1v) is 9.66. The van der Waals surface area contributed by atoms with Gasteiger partial charge in [-0.3, -0.25) is 5.43 Å². The van der Waals surface area contributed by atoms with Crippen molar-refractivity contribution in [1.82, 2.24) is 10.4 Å². The number of rotatable bonds is 4. The predicted octanol–water partition coefficient (Wildman–Crippen LogP) is 5.58. The van der Waals surface area contributed by atoms with Crippen molar-refractivity contribution in [3.8, 4) is 11.3 Å². The lowest BCUT2D eigenvalue weighted by Crippen LogP contribution is -2.33. The highest BCUT2D eigenvalue weighted by Crippen LogP contribution is 2.57. The first-order valence-electron chi connectivity index (χ1n) is 8.40. The van der Waals surface area contributed by atoms with Crippen LogP contribution in [0.25, 0.3) is 11.3 Å². The molecule has 2 bridgehead atoms. The number of allylic oxidation sites excluding steroid dienone is 2. The summed E-state index contributed by atoms with van der Waals surface area (Å²) >= 11 is 7.55. The second-order valence-corrected chi connectivity index (χ2v) is 8.77. The maximum atomic E-state index is 5.94. The van der Waals surface area contributed by atoms with Crippen LogP contribution in [0.5, 0.6) is 0 Å². The smallest absolute Gasteiger partial charge is 0.202 e. The van der Waals surface area contributed by atoms with Crippen molar-refractivity contribution < 1.29 is 0 Å². The van der Waals surface area contributed by atoms with E-state index in [1.165, 1.54) is 12.1 Å². The zero-order valence-electron chi connectivity index (χ0n) is 14.1. The summed E-state index contributed by atoms with van der Waals surface area (Å²) in [5.41, 5.74) is 10.5. The Hall–Kier alpha value is -1.52. The third-order valence-electron chi connectivity index (χ3n) is 5.98. The highest BCUT2D eigenvalue weighted by molar-refractivity contribution is 7.14. The Morgan fingerprint density at radius 2 is 1.96 bits per heavy atom. The van der Waals surface area contributed by atoms with Crippen LogP contribution in [0.3, 0.4) is 0 Å². The van der Waals surface area contributed by atoms with Gasteiger partial charge in [-0.05, 0) is 35.8 Å². The lowest BCUT2D eigenvalue weighted by atomic mass is 9.72. The van der Waals surface area contributed by atoms with E-state index in [1.807, 2.05) is 24.3 Å². The average molecular weight is 360 g/mol. The maximum absolute atomic E-state index is 5.94. The number of nitrogens with zero attached hydrogens (tertiary/aromatic N) is 1. The molecule has 1 fully saturated rings. The van der Waals surface area contributed by atoms with Crippen LogP contribution < -0.4 is 10.9 Å². The van der Waals surface area contributed by atoms with E-state index in [2.05, 4.69) is 48.1 Å². The van der Waals surface area contributed by atoms with E-state index in [0.29, 0.717) is 23.2 Å². The van der Waals surface area contributed by atoms with Gasteiger partial charge in [0.25, 0.3) is 0 Å². The lowest BCUT2D eigenvalue weighted by Gasteiger charge is -2.35. The van der Waals surface area contributed by atoms with Gasteiger partial charge in [-0.25, -0.2) is 4.98 Å². The van der Waals surface area contributed by atoms with Crippen LogP contribution >= 0.6 is 22.9 Å². The fourth-order valence-corrected chi connectivity index (χ4v) is 4.80. The van der Waals surface area contributed by atoms with Gasteiger partial charge in [0.15, 0.2) is 0 Å². The van der Waals surface area contributed by atoms with Crippen molar-refractivity contribution in [1.29, 1.82) is 0 Å². The van der Waals surface area contributed by atoms with Crippen LogP contribution in [-0.4, -0.2) is 4.98 Å². The van der Waals surface area contributed by atoms with Crippen LogP contribution in [-0.2, 0) is 0 Å². The van der Waals surface area contributed by atoms with E-state index in [4.69, 9.17) is 11.6 Å². The number of thiazole rings is 1. The lowest BCUT2D eigenvalue weighted by molar-refractivity contribution is 0.201. The van der Waals surface area contributed by atoms with Gasteiger partial charge < -0.3 is 5.43 Å². The maximum Gasteiger partial charge on any atom is 0.202 e. The Kier molecular flexibility index (Phi) is 3.85. The number of fused-ring (bicyclic) bond motifs is 2. The minimum atomic E-state index is 0.415. The van der Waals surface area contributed by atoms with E-state index in [-0.39, 0.29) is 0 Å². The van der Waals surface area contributed by atoms with E-state index in [0.717, 1.165) is 21.4 Å². The molecule has 1 aromatic carbocycles. The second kappa shape index (κ2) is 5.78. The fourth-order valence-electron chi connectivity index (χ4n) is 4.00. The molecule has 0 spiro atoms. The topological polar surface area (TPSA) is 37.0 Å². The first kappa shape index (κ1) is 16.0. The molecule has 2 N–H and O–H groups in total. The molecule has 1 saturated carbocycles. The minimum Gasteiger partial charge on any atom is -0.303 e. The fraction of sp³-hybridized carbons (Fsp3) is 0.421. The number of hydrogen-bond donors (Lipinski definition) is 2. The summed E-state index contributed by atoms with van der Waals surface area (Å²) in [6.07, 6.45) is 3.68. The molecular weight excluding hydrogens is 338 g/mol. The largest absolute Gasteiger partial charge is 0.303 e. The van der Waals surface area contributed by atoms with Crippen LogP contribution in [0.4, 0.5) is 5.13 Å². The number of hydrazine groups is 1. The molecule has 126 valence electrons. The highest BCUT2D eigenvalue weighted by atomic mass is 35.5. The van der Waals surface area contributed by atoms with Gasteiger partial charge in [-0.1, -0.05) is 50.6 Å². The molecule has 1 heterocycles. The molecule has 4 rings (SSSR count). The zero-order chi connectivity index (χ0) is 16.9. The monoisotopic (exact) mass is 359 g/mol. The molecular formula is C19H22ClN3S. The van der Waals surface area contributed by atoms with Crippen molar-refractivity contribution in [2.75, 3.05) is 5.43 Å². The summed E-state index contributed by atoms with van der Waals surface area (Å²) < 4.78 is 0. The third kappa shape index (κ3) is 2.62.